The quantitative estimate of drug-likeness (QED) is 0.137. The zero-order chi connectivity index (χ0) is 23.8. The number of aromatic nitrogens is 2. The molecule has 0 saturated carbocycles. The van der Waals surface area contributed by atoms with E-state index in [1.165, 1.54) is 0 Å². The van der Waals surface area contributed by atoms with Crippen molar-refractivity contribution >= 4 is 29.3 Å². The number of nitrogen functional groups attached to an aromatic ring is 1. The molecule has 1 aliphatic rings. The molecule has 0 amide bonds. The SMILES string of the molecule is C#Cc1cn(N2O[C@H](COP(=O)(O)OP(=O)(O)OP(=O)(O)O)[C@@H](O)[C@H]2O)c(=O)nc1N. The average molecular weight is 508 g/mol. The van der Waals surface area contributed by atoms with E-state index in [0.29, 0.717) is 9.85 Å². The second-order valence-electron chi connectivity index (χ2n) is 5.55. The van der Waals surface area contributed by atoms with Gasteiger partial charge in [0.2, 0.25) is 0 Å². The molecule has 2 unspecified atom stereocenters. The normalized spacial score (nSPS) is 25.6. The zero-order valence-electron chi connectivity index (χ0n) is 14.8. The van der Waals surface area contributed by atoms with Crippen molar-refractivity contribution in [2.45, 2.75) is 18.4 Å². The van der Waals surface area contributed by atoms with Gasteiger partial charge in [0.25, 0.3) is 0 Å². The molecule has 2 heterocycles. The van der Waals surface area contributed by atoms with E-state index in [9.17, 15) is 33.6 Å². The topological polar surface area (TPSA) is 274 Å². The second-order valence-corrected chi connectivity index (χ2v) is 9.97. The lowest BCUT2D eigenvalue weighted by molar-refractivity contribution is -0.0230. The summed E-state index contributed by atoms with van der Waals surface area (Å²) in [6.45, 7) is -1.10. The molecule has 1 aromatic rings. The number of hydrogen-bond acceptors (Lipinski definition) is 13. The van der Waals surface area contributed by atoms with E-state index < -0.39 is 54.2 Å². The minimum Gasteiger partial charge on any atom is -0.385 e. The summed E-state index contributed by atoms with van der Waals surface area (Å²) in [6.07, 6.45) is 0.619. The van der Waals surface area contributed by atoms with Crippen LogP contribution < -0.4 is 16.6 Å². The Bertz CT molecular complexity index is 1080. The molecule has 0 aromatic carbocycles. The molecule has 8 N–H and O–H groups in total. The number of nitrogens with zero attached hydrogens (tertiary/aromatic N) is 3. The van der Waals surface area contributed by atoms with Gasteiger partial charge in [-0.05, 0) is 0 Å². The van der Waals surface area contributed by atoms with Crippen LogP contribution >= 0.6 is 23.5 Å². The molecular weight excluding hydrogens is 493 g/mol. The maximum absolute atomic E-state index is 12.0. The lowest BCUT2D eigenvalue weighted by atomic mass is 10.2. The molecular formula is C10H15N4O14P3. The van der Waals surface area contributed by atoms with Crippen molar-refractivity contribution < 1.29 is 61.5 Å². The molecule has 174 valence electrons. The van der Waals surface area contributed by atoms with Crippen molar-refractivity contribution in [3.8, 4) is 12.3 Å². The first-order chi connectivity index (χ1) is 14.1. The Balaban J connectivity index is 2.12. The Morgan fingerprint density at radius 1 is 1.19 bits per heavy atom. The lowest BCUT2D eigenvalue weighted by Crippen LogP contribution is -2.47. The summed E-state index contributed by atoms with van der Waals surface area (Å²) in [5.74, 6) is 1.80. The fourth-order valence-electron chi connectivity index (χ4n) is 2.07. The number of phosphoric acid groups is 3. The van der Waals surface area contributed by atoms with Crippen LogP contribution in [-0.2, 0) is 31.7 Å². The first kappa shape index (κ1) is 25.6. The third-order valence-corrected chi connectivity index (χ3v) is 7.08. The summed E-state index contributed by atoms with van der Waals surface area (Å²) in [6, 6.07) is 0. The van der Waals surface area contributed by atoms with Crippen LogP contribution in [0.5, 0.6) is 0 Å². The number of phosphoric ester groups is 1. The molecule has 1 aliphatic heterocycles. The van der Waals surface area contributed by atoms with E-state index in [1.54, 1.807) is 0 Å². The van der Waals surface area contributed by atoms with E-state index in [-0.39, 0.29) is 11.4 Å². The van der Waals surface area contributed by atoms with Crippen molar-refractivity contribution in [3.63, 3.8) is 0 Å². The van der Waals surface area contributed by atoms with E-state index in [1.807, 2.05) is 0 Å². The molecule has 0 spiro atoms. The van der Waals surface area contributed by atoms with E-state index in [0.717, 1.165) is 6.20 Å². The molecule has 21 heteroatoms. The highest BCUT2D eigenvalue weighted by Crippen LogP contribution is 2.66. The van der Waals surface area contributed by atoms with E-state index >= 15 is 0 Å². The monoisotopic (exact) mass is 508 g/mol. The number of hydroxylamine groups is 1. The Morgan fingerprint density at radius 3 is 2.35 bits per heavy atom. The van der Waals surface area contributed by atoms with Gasteiger partial charge in [-0.3, -0.25) is 4.52 Å². The summed E-state index contributed by atoms with van der Waals surface area (Å²) >= 11 is 0. The maximum Gasteiger partial charge on any atom is 0.490 e. The standard InChI is InChI=1S/C10H15N4O14P3/c1-2-5-3-13(10(17)12-8(5)11)14-9(16)7(15)6(26-14)4-25-30(21,22)28-31(23,24)27-29(18,19)20/h1,3,6-7,9,15-16H,4H2,(H,21,22)(H,23,24)(H2,11,12,17)(H2,18,19,20)/t6-,7-,9-/m1/s1. The zero-order valence-corrected chi connectivity index (χ0v) is 17.5. The van der Waals surface area contributed by atoms with Crippen molar-refractivity contribution in [2.75, 3.05) is 17.5 Å². The highest BCUT2D eigenvalue weighted by molar-refractivity contribution is 7.66. The average Bonchev–Trinajstić information content (AvgIpc) is 2.85. The van der Waals surface area contributed by atoms with Gasteiger partial charge in [-0.25, -0.2) is 23.3 Å². The number of aliphatic hydroxyl groups excluding tert-OH is 2. The molecule has 1 fully saturated rings. The van der Waals surface area contributed by atoms with Crippen molar-refractivity contribution in [1.82, 2.24) is 9.66 Å². The molecule has 2 rings (SSSR count). The van der Waals surface area contributed by atoms with Crippen molar-refractivity contribution in [1.29, 1.82) is 0 Å². The van der Waals surface area contributed by atoms with Crippen LogP contribution in [0.25, 0.3) is 0 Å². The van der Waals surface area contributed by atoms with Gasteiger partial charge in [-0.1, -0.05) is 5.92 Å². The van der Waals surface area contributed by atoms with Crippen LogP contribution in [0, 0.1) is 12.3 Å². The summed E-state index contributed by atoms with van der Waals surface area (Å²) in [5, 5.41) is 20.4. The maximum atomic E-state index is 12.0. The largest absolute Gasteiger partial charge is 0.490 e. The molecule has 5 atom stereocenters. The van der Waals surface area contributed by atoms with Gasteiger partial charge in [-0.15, -0.1) is 6.42 Å². The second kappa shape index (κ2) is 9.06. The predicted molar refractivity (Wildman–Crippen MR) is 95.8 cm³/mol. The van der Waals surface area contributed by atoms with Gasteiger partial charge in [-0.2, -0.15) is 23.5 Å². The van der Waals surface area contributed by atoms with Gasteiger partial charge in [0, 0.05) is 0 Å². The van der Waals surface area contributed by atoms with Gasteiger partial charge in [0.15, 0.2) is 6.23 Å². The highest BCUT2D eigenvalue weighted by Gasteiger charge is 2.46. The Hall–Kier alpha value is -1.67. The summed E-state index contributed by atoms with van der Waals surface area (Å²) in [5.41, 5.74) is 4.27. The Labute approximate surface area is 171 Å². The van der Waals surface area contributed by atoms with Gasteiger partial charge < -0.3 is 35.5 Å². The summed E-state index contributed by atoms with van der Waals surface area (Å²) < 4.78 is 45.4. The van der Waals surface area contributed by atoms with Crippen LogP contribution in [0.2, 0.25) is 0 Å². The third kappa shape index (κ3) is 6.65. The fourth-order valence-corrected chi connectivity index (χ4v) is 5.10. The lowest BCUT2D eigenvalue weighted by Gasteiger charge is -2.22. The first-order valence-electron chi connectivity index (χ1n) is 7.52. The van der Waals surface area contributed by atoms with E-state index in [2.05, 4.69) is 24.0 Å². The van der Waals surface area contributed by atoms with Crippen LogP contribution in [0.4, 0.5) is 5.82 Å². The number of hydrogen-bond donors (Lipinski definition) is 7. The summed E-state index contributed by atoms with van der Waals surface area (Å²) in [4.78, 5) is 55.8. The van der Waals surface area contributed by atoms with Crippen LogP contribution in [0.1, 0.15) is 5.56 Å². The van der Waals surface area contributed by atoms with Crippen LogP contribution in [0.15, 0.2) is 11.0 Å². The molecule has 0 bridgehead atoms. The van der Waals surface area contributed by atoms with Crippen LogP contribution in [-0.4, -0.2) is 64.5 Å². The van der Waals surface area contributed by atoms with Gasteiger partial charge >= 0.3 is 29.2 Å². The Kier molecular flexibility index (Phi) is 7.48. The molecule has 1 saturated heterocycles. The summed E-state index contributed by atoms with van der Waals surface area (Å²) in [7, 11) is -16.8. The van der Waals surface area contributed by atoms with E-state index in [4.69, 9.17) is 31.7 Å². The van der Waals surface area contributed by atoms with Crippen molar-refractivity contribution in [3.05, 3.63) is 22.2 Å². The minimum atomic E-state index is -5.75. The fraction of sp³-hybridized carbons (Fsp3) is 0.400. The van der Waals surface area contributed by atoms with Gasteiger partial charge in [0.05, 0.1) is 18.4 Å². The third-order valence-electron chi connectivity index (χ3n) is 3.28. The number of nitrogens with two attached hydrogens (primary N) is 1. The number of aliphatic hydroxyl groups is 2. The smallest absolute Gasteiger partial charge is 0.385 e. The molecule has 1 aromatic heterocycles. The predicted octanol–water partition coefficient (Wildman–Crippen LogP) is -2.92. The first-order valence-corrected chi connectivity index (χ1v) is 12.0. The molecule has 31 heavy (non-hydrogen) atoms. The molecule has 0 radical (unpaired) electrons. The molecule has 18 nitrogen and oxygen atoms in total. The number of anilines is 1. The minimum absolute atomic E-state index is 0.0818. The number of terminal acetylenes is 1. The van der Waals surface area contributed by atoms with Crippen LogP contribution in [0.3, 0.4) is 0 Å². The van der Waals surface area contributed by atoms with Gasteiger partial charge in [0.1, 0.15) is 18.0 Å². The Morgan fingerprint density at radius 2 is 1.81 bits per heavy atom. The molecule has 0 aliphatic carbocycles. The van der Waals surface area contributed by atoms with Crippen molar-refractivity contribution in [2.24, 2.45) is 0 Å². The number of rotatable bonds is 8. The highest BCUT2D eigenvalue weighted by atomic mass is 31.3.